The van der Waals surface area contributed by atoms with E-state index in [-0.39, 0.29) is 5.57 Å². The maximum Gasteiger partial charge on any atom is 0.254 e. The molecule has 5 nitrogen and oxygen atoms in total. The zero-order chi connectivity index (χ0) is 10.7. The minimum atomic E-state index is -0.659. The van der Waals surface area contributed by atoms with Crippen molar-refractivity contribution in [1.82, 2.24) is 5.32 Å². The monoisotopic (exact) mass is 192 g/mol. The largest absolute Gasteiger partial charge is 0.365 e. The van der Waals surface area contributed by atoms with E-state index in [0.717, 1.165) is 17.6 Å². The van der Waals surface area contributed by atoms with Crippen molar-refractivity contribution < 1.29 is 4.79 Å². The number of amides is 1. The van der Waals surface area contributed by atoms with Gasteiger partial charge in [-0.2, -0.15) is 0 Å². The average Bonchev–Trinajstić information content (AvgIpc) is 2.02. The Kier molecular flexibility index (Phi) is 2.81. The van der Waals surface area contributed by atoms with E-state index >= 15 is 0 Å². The molecule has 0 spiro atoms. The number of hydrogen-bond donors (Lipinski definition) is 3. The highest BCUT2D eigenvalue weighted by Gasteiger charge is 2.12. The molecule has 5 heteroatoms. The van der Waals surface area contributed by atoms with Crippen molar-refractivity contribution in [1.29, 1.82) is 5.41 Å². The topological polar surface area (TPSA) is 91.3 Å². The predicted molar refractivity (Wildman–Crippen MR) is 55.0 cm³/mol. The SMILES string of the molecule is CC1=CC(C)=N/C(=C(/C=N)C(N)=O)N1. The summed E-state index contributed by atoms with van der Waals surface area (Å²) in [6, 6.07) is 0. The van der Waals surface area contributed by atoms with Gasteiger partial charge in [0.15, 0.2) is 0 Å². The molecule has 1 heterocycles. The van der Waals surface area contributed by atoms with Gasteiger partial charge >= 0.3 is 0 Å². The maximum atomic E-state index is 10.9. The third-order valence-electron chi connectivity index (χ3n) is 1.69. The molecule has 74 valence electrons. The smallest absolute Gasteiger partial charge is 0.254 e. The van der Waals surface area contributed by atoms with E-state index in [2.05, 4.69) is 10.3 Å². The van der Waals surface area contributed by atoms with E-state index in [1.807, 2.05) is 19.9 Å². The Morgan fingerprint density at radius 3 is 2.71 bits per heavy atom. The molecule has 1 amide bonds. The second-order valence-electron chi connectivity index (χ2n) is 2.98. The van der Waals surface area contributed by atoms with E-state index in [1.165, 1.54) is 0 Å². The molecule has 0 fully saturated rings. The number of hydrogen-bond acceptors (Lipinski definition) is 4. The molecule has 0 saturated carbocycles. The van der Waals surface area contributed by atoms with Crippen LogP contribution in [-0.4, -0.2) is 17.8 Å². The fourth-order valence-electron chi connectivity index (χ4n) is 1.16. The summed E-state index contributed by atoms with van der Waals surface area (Å²) in [6.45, 7) is 3.66. The molecule has 0 radical (unpaired) electrons. The lowest BCUT2D eigenvalue weighted by atomic mass is 10.2. The number of carbonyl (C=O) groups excluding carboxylic acids is 1. The third-order valence-corrected chi connectivity index (χ3v) is 1.69. The zero-order valence-corrected chi connectivity index (χ0v) is 8.09. The van der Waals surface area contributed by atoms with Crippen molar-refractivity contribution in [2.24, 2.45) is 10.7 Å². The van der Waals surface area contributed by atoms with Crippen LogP contribution in [0.15, 0.2) is 28.2 Å². The van der Waals surface area contributed by atoms with E-state index < -0.39 is 5.91 Å². The number of nitrogens with two attached hydrogens (primary N) is 1. The molecule has 0 bridgehead atoms. The molecular weight excluding hydrogens is 180 g/mol. The van der Waals surface area contributed by atoms with Crippen molar-refractivity contribution in [2.45, 2.75) is 13.8 Å². The van der Waals surface area contributed by atoms with Gasteiger partial charge in [0.25, 0.3) is 5.91 Å². The Morgan fingerprint density at radius 2 is 2.29 bits per heavy atom. The fourth-order valence-corrected chi connectivity index (χ4v) is 1.16. The first kappa shape index (κ1) is 10.2. The highest BCUT2D eigenvalue weighted by Crippen LogP contribution is 2.09. The molecule has 0 saturated heterocycles. The number of primary amides is 1. The molecule has 0 unspecified atom stereocenters. The molecular formula is C9H12N4O. The number of aliphatic imine (C=N–C) groups is 1. The molecule has 0 aliphatic carbocycles. The van der Waals surface area contributed by atoms with Crippen LogP contribution in [0, 0.1) is 5.41 Å². The number of nitrogens with zero attached hydrogens (tertiary/aromatic N) is 1. The van der Waals surface area contributed by atoms with Gasteiger partial charge < -0.3 is 16.5 Å². The number of nitrogens with one attached hydrogen (secondary N) is 2. The van der Waals surface area contributed by atoms with Crippen LogP contribution in [0.25, 0.3) is 0 Å². The van der Waals surface area contributed by atoms with E-state index in [0.29, 0.717) is 5.82 Å². The number of carbonyl (C=O) groups is 1. The van der Waals surface area contributed by atoms with E-state index in [4.69, 9.17) is 11.1 Å². The summed E-state index contributed by atoms with van der Waals surface area (Å²) in [6.07, 6.45) is 2.74. The van der Waals surface area contributed by atoms with Gasteiger partial charge in [0.1, 0.15) is 5.82 Å². The summed E-state index contributed by atoms with van der Waals surface area (Å²) in [5.74, 6) is -0.321. The quantitative estimate of drug-likeness (QED) is 0.433. The first-order chi connectivity index (χ1) is 6.54. The van der Waals surface area contributed by atoms with Gasteiger partial charge in [0.05, 0.1) is 5.57 Å². The van der Waals surface area contributed by atoms with Gasteiger partial charge in [-0.1, -0.05) is 0 Å². The highest BCUT2D eigenvalue weighted by molar-refractivity contribution is 6.11. The lowest BCUT2D eigenvalue weighted by Crippen LogP contribution is -2.24. The molecule has 0 aromatic carbocycles. The Balaban J connectivity index is 3.17. The van der Waals surface area contributed by atoms with Crippen molar-refractivity contribution in [2.75, 3.05) is 0 Å². The van der Waals surface area contributed by atoms with Gasteiger partial charge in [-0.3, -0.25) is 4.79 Å². The van der Waals surface area contributed by atoms with E-state index in [9.17, 15) is 4.79 Å². The first-order valence-corrected chi connectivity index (χ1v) is 4.09. The maximum absolute atomic E-state index is 10.9. The fraction of sp³-hybridized carbons (Fsp3) is 0.222. The molecule has 0 aromatic heterocycles. The van der Waals surface area contributed by atoms with Crippen LogP contribution < -0.4 is 11.1 Å². The summed E-state index contributed by atoms with van der Waals surface area (Å²) in [7, 11) is 0. The number of rotatable bonds is 2. The standard InChI is InChI=1S/C9H12N4O/c1-5-3-6(2)13-9(12-5)7(4-10)8(11)14/h3-4,10,12H,1-2H3,(H2,11,14)/b9-7-,10-4?. The molecule has 1 rings (SSSR count). The highest BCUT2D eigenvalue weighted by atomic mass is 16.1. The summed E-state index contributed by atoms with van der Waals surface area (Å²) in [5.41, 5.74) is 6.82. The van der Waals surface area contributed by atoms with Gasteiger partial charge in [-0.05, 0) is 19.9 Å². The molecule has 1 aliphatic rings. The predicted octanol–water partition coefficient (Wildman–Crippen LogP) is 0.301. The van der Waals surface area contributed by atoms with Crippen LogP contribution in [0.3, 0.4) is 0 Å². The minimum Gasteiger partial charge on any atom is -0.365 e. The Bertz CT molecular complexity index is 376. The molecule has 4 N–H and O–H groups in total. The van der Waals surface area contributed by atoms with Gasteiger partial charge in [-0.15, -0.1) is 0 Å². The summed E-state index contributed by atoms with van der Waals surface area (Å²) in [4.78, 5) is 15.0. The first-order valence-electron chi connectivity index (χ1n) is 4.09. The second kappa shape index (κ2) is 3.87. The Hall–Kier alpha value is -1.91. The van der Waals surface area contributed by atoms with Crippen LogP contribution in [0.4, 0.5) is 0 Å². The van der Waals surface area contributed by atoms with Crippen LogP contribution in [0.5, 0.6) is 0 Å². The third kappa shape index (κ3) is 2.07. The molecule has 1 aliphatic heterocycles. The average molecular weight is 192 g/mol. The van der Waals surface area contributed by atoms with Crippen molar-refractivity contribution in [3.8, 4) is 0 Å². The molecule has 14 heavy (non-hydrogen) atoms. The van der Waals surface area contributed by atoms with Crippen LogP contribution >= 0.6 is 0 Å². The zero-order valence-electron chi connectivity index (χ0n) is 8.09. The van der Waals surface area contributed by atoms with Crippen LogP contribution in [-0.2, 0) is 4.79 Å². The van der Waals surface area contributed by atoms with Crippen molar-refractivity contribution in [3.05, 3.63) is 23.2 Å². The minimum absolute atomic E-state index is 0.0804. The number of allylic oxidation sites excluding steroid dienone is 2. The van der Waals surface area contributed by atoms with Crippen LogP contribution in [0.2, 0.25) is 0 Å². The van der Waals surface area contributed by atoms with Crippen molar-refractivity contribution in [3.63, 3.8) is 0 Å². The summed E-state index contributed by atoms with van der Waals surface area (Å²) >= 11 is 0. The lowest BCUT2D eigenvalue weighted by molar-refractivity contribution is -0.114. The Morgan fingerprint density at radius 1 is 1.64 bits per heavy atom. The van der Waals surface area contributed by atoms with E-state index in [1.54, 1.807) is 0 Å². The van der Waals surface area contributed by atoms with Gasteiger partial charge in [0.2, 0.25) is 0 Å². The summed E-state index contributed by atoms with van der Waals surface area (Å²) in [5, 5.41) is 9.93. The summed E-state index contributed by atoms with van der Waals surface area (Å²) < 4.78 is 0. The van der Waals surface area contributed by atoms with Gasteiger partial charge in [0, 0.05) is 17.6 Å². The van der Waals surface area contributed by atoms with Crippen molar-refractivity contribution >= 4 is 17.8 Å². The van der Waals surface area contributed by atoms with Gasteiger partial charge in [-0.25, -0.2) is 4.99 Å². The Labute approximate surface area is 81.9 Å². The second-order valence-corrected chi connectivity index (χ2v) is 2.98. The lowest BCUT2D eigenvalue weighted by Gasteiger charge is -2.14. The molecule has 0 aromatic rings. The molecule has 0 atom stereocenters. The normalized spacial score (nSPS) is 19.0. The van der Waals surface area contributed by atoms with Crippen LogP contribution in [0.1, 0.15) is 13.8 Å².